The molecule has 3 aromatic rings. The van der Waals surface area contributed by atoms with E-state index in [2.05, 4.69) is 5.32 Å². The van der Waals surface area contributed by atoms with Gasteiger partial charge in [0.1, 0.15) is 23.2 Å². The van der Waals surface area contributed by atoms with E-state index in [9.17, 15) is 20.2 Å². The summed E-state index contributed by atoms with van der Waals surface area (Å²) in [5.41, 5.74) is 2.93. The molecule has 7 heteroatoms. The second kappa shape index (κ2) is 8.23. The van der Waals surface area contributed by atoms with Gasteiger partial charge in [-0.1, -0.05) is 29.8 Å². The molecule has 7 nitrogen and oxygen atoms in total. The average Bonchev–Trinajstić information content (AvgIpc) is 3.17. The number of nitro benzene ring substituents is 1. The zero-order valence-corrected chi connectivity index (χ0v) is 15.8. The smallest absolute Gasteiger partial charge is 0.270 e. The third-order valence-corrected chi connectivity index (χ3v) is 4.25. The van der Waals surface area contributed by atoms with E-state index in [4.69, 9.17) is 4.42 Å². The van der Waals surface area contributed by atoms with Crippen molar-refractivity contribution in [1.82, 2.24) is 0 Å². The van der Waals surface area contributed by atoms with E-state index in [-0.39, 0.29) is 11.3 Å². The summed E-state index contributed by atoms with van der Waals surface area (Å²) >= 11 is 0. The molecule has 1 aromatic heterocycles. The fourth-order valence-electron chi connectivity index (χ4n) is 2.79. The molecule has 3 rings (SSSR count). The van der Waals surface area contributed by atoms with Crippen molar-refractivity contribution < 1.29 is 14.1 Å². The van der Waals surface area contributed by atoms with Gasteiger partial charge in [0.15, 0.2) is 0 Å². The number of amides is 1. The molecule has 0 unspecified atom stereocenters. The third kappa shape index (κ3) is 4.57. The number of benzene rings is 2. The van der Waals surface area contributed by atoms with Crippen LogP contribution in [0.1, 0.15) is 16.9 Å². The molecule has 144 valence electrons. The summed E-state index contributed by atoms with van der Waals surface area (Å²) in [4.78, 5) is 22.9. The van der Waals surface area contributed by atoms with Gasteiger partial charge < -0.3 is 9.73 Å². The number of rotatable bonds is 5. The Morgan fingerprint density at radius 2 is 1.97 bits per heavy atom. The molecule has 1 amide bonds. The average molecular weight is 387 g/mol. The van der Waals surface area contributed by atoms with Gasteiger partial charge in [-0.15, -0.1) is 0 Å². The fourth-order valence-corrected chi connectivity index (χ4v) is 2.79. The first-order valence-corrected chi connectivity index (χ1v) is 8.72. The van der Waals surface area contributed by atoms with Crippen LogP contribution in [0.2, 0.25) is 0 Å². The summed E-state index contributed by atoms with van der Waals surface area (Å²) in [6.45, 7) is 3.82. The summed E-state index contributed by atoms with van der Waals surface area (Å²) in [5, 5.41) is 23.0. The normalized spacial score (nSPS) is 11.0. The maximum atomic E-state index is 12.5. The van der Waals surface area contributed by atoms with Crippen molar-refractivity contribution >= 4 is 23.4 Å². The molecule has 1 heterocycles. The predicted molar refractivity (Wildman–Crippen MR) is 109 cm³/mol. The Balaban J connectivity index is 1.83. The van der Waals surface area contributed by atoms with Crippen LogP contribution in [0.5, 0.6) is 0 Å². The summed E-state index contributed by atoms with van der Waals surface area (Å²) in [6.07, 6.45) is 1.33. The summed E-state index contributed by atoms with van der Waals surface area (Å²) in [5.74, 6) is 0.138. The van der Waals surface area contributed by atoms with Crippen LogP contribution >= 0.6 is 0 Å². The number of hydrogen-bond acceptors (Lipinski definition) is 5. The lowest BCUT2D eigenvalue weighted by Gasteiger charge is -2.08. The maximum absolute atomic E-state index is 12.5. The fraction of sp³-hybridized carbons (Fsp3) is 0.0909. The number of carbonyl (C=O) groups is 1. The minimum Gasteiger partial charge on any atom is -0.457 e. The van der Waals surface area contributed by atoms with Crippen LogP contribution in [-0.4, -0.2) is 10.8 Å². The number of nitriles is 1. The van der Waals surface area contributed by atoms with Gasteiger partial charge in [0.25, 0.3) is 11.6 Å². The molecule has 0 aliphatic carbocycles. The molecular weight excluding hydrogens is 370 g/mol. The van der Waals surface area contributed by atoms with Crippen molar-refractivity contribution in [2.24, 2.45) is 0 Å². The number of anilines is 1. The Labute approximate surface area is 167 Å². The molecule has 1 N–H and O–H groups in total. The van der Waals surface area contributed by atoms with Crippen LogP contribution in [0.3, 0.4) is 0 Å². The van der Waals surface area contributed by atoms with E-state index < -0.39 is 10.8 Å². The first kappa shape index (κ1) is 19.6. The van der Waals surface area contributed by atoms with Crippen LogP contribution in [0.25, 0.3) is 17.4 Å². The minimum atomic E-state index is -0.548. The molecule has 0 radical (unpaired) electrons. The Kier molecular flexibility index (Phi) is 5.56. The van der Waals surface area contributed by atoms with Gasteiger partial charge in [-0.25, -0.2) is 0 Å². The van der Waals surface area contributed by atoms with Gasteiger partial charge in [0, 0.05) is 29.5 Å². The summed E-state index contributed by atoms with van der Waals surface area (Å²) in [7, 11) is 0. The lowest BCUT2D eigenvalue weighted by Crippen LogP contribution is -2.14. The van der Waals surface area contributed by atoms with Crippen molar-refractivity contribution in [2.75, 3.05) is 5.32 Å². The van der Waals surface area contributed by atoms with Gasteiger partial charge in [0.2, 0.25) is 0 Å². The second-order valence-electron chi connectivity index (χ2n) is 6.45. The zero-order chi connectivity index (χ0) is 21.0. The Bertz CT molecular complexity index is 1170. The molecule has 29 heavy (non-hydrogen) atoms. The van der Waals surface area contributed by atoms with Gasteiger partial charge in [-0.05, 0) is 37.6 Å². The second-order valence-corrected chi connectivity index (χ2v) is 6.45. The highest BCUT2D eigenvalue weighted by molar-refractivity contribution is 6.09. The number of nitrogens with zero attached hydrogens (tertiary/aromatic N) is 2. The number of non-ortho nitro benzene ring substituents is 1. The van der Waals surface area contributed by atoms with Crippen molar-refractivity contribution in [2.45, 2.75) is 13.8 Å². The molecule has 0 spiro atoms. The first-order chi connectivity index (χ1) is 13.9. The first-order valence-electron chi connectivity index (χ1n) is 8.72. The van der Waals surface area contributed by atoms with Crippen LogP contribution in [0.4, 0.5) is 11.4 Å². The Morgan fingerprint density at radius 1 is 1.17 bits per heavy atom. The molecule has 0 aliphatic heterocycles. The molecule has 0 saturated heterocycles. The molecule has 0 saturated carbocycles. The SMILES string of the molecule is Cc1ccc(NC(=O)C(C#N)=Cc2ccc(-c3cccc([N+](=O)[O-])c3)o2)c(C)c1. The van der Waals surface area contributed by atoms with Gasteiger partial charge in [-0.2, -0.15) is 5.26 Å². The quantitative estimate of drug-likeness (QED) is 0.286. The monoisotopic (exact) mass is 387 g/mol. The largest absolute Gasteiger partial charge is 0.457 e. The third-order valence-electron chi connectivity index (χ3n) is 4.25. The highest BCUT2D eigenvalue weighted by Gasteiger charge is 2.14. The van der Waals surface area contributed by atoms with E-state index in [1.165, 1.54) is 18.2 Å². The van der Waals surface area contributed by atoms with E-state index in [0.29, 0.717) is 22.8 Å². The molecule has 2 aromatic carbocycles. The van der Waals surface area contributed by atoms with Crippen molar-refractivity contribution in [3.05, 3.63) is 87.2 Å². The molecule has 0 aliphatic rings. The number of nitrogens with one attached hydrogen (secondary N) is 1. The molecule has 0 bridgehead atoms. The van der Waals surface area contributed by atoms with Crippen molar-refractivity contribution in [1.29, 1.82) is 5.26 Å². The van der Waals surface area contributed by atoms with E-state index in [0.717, 1.165) is 11.1 Å². The highest BCUT2D eigenvalue weighted by Crippen LogP contribution is 2.26. The standard InChI is InChI=1S/C22H17N3O4/c1-14-6-8-20(15(2)10-14)24-22(26)17(13-23)12-19-7-9-21(29-19)16-4-3-5-18(11-16)25(27)28/h3-12H,1-2H3,(H,24,26). The molecule has 0 atom stereocenters. The van der Waals surface area contributed by atoms with Crippen LogP contribution in [0, 0.1) is 35.3 Å². The zero-order valence-electron chi connectivity index (χ0n) is 15.8. The summed E-state index contributed by atoms with van der Waals surface area (Å²) < 4.78 is 5.65. The van der Waals surface area contributed by atoms with E-state index in [1.807, 2.05) is 32.0 Å². The molecule has 0 fully saturated rings. The number of carbonyl (C=O) groups excluding carboxylic acids is 1. The van der Waals surface area contributed by atoms with Gasteiger partial charge in [0.05, 0.1) is 4.92 Å². The lowest BCUT2D eigenvalue weighted by atomic mass is 10.1. The Hall–Kier alpha value is -4.18. The van der Waals surface area contributed by atoms with E-state index >= 15 is 0 Å². The molecular formula is C22H17N3O4. The van der Waals surface area contributed by atoms with Gasteiger partial charge in [-0.3, -0.25) is 14.9 Å². The minimum absolute atomic E-state index is 0.0541. The van der Waals surface area contributed by atoms with Gasteiger partial charge >= 0.3 is 0 Å². The number of aryl methyl sites for hydroxylation is 2. The Morgan fingerprint density at radius 3 is 2.66 bits per heavy atom. The number of hydrogen-bond donors (Lipinski definition) is 1. The highest BCUT2D eigenvalue weighted by atomic mass is 16.6. The van der Waals surface area contributed by atoms with Crippen LogP contribution in [-0.2, 0) is 4.79 Å². The number of furan rings is 1. The maximum Gasteiger partial charge on any atom is 0.270 e. The lowest BCUT2D eigenvalue weighted by molar-refractivity contribution is -0.384. The number of nitro groups is 1. The summed E-state index contributed by atoms with van der Waals surface area (Å²) in [6, 6.07) is 16.7. The van der Waals surface area contributed by atoms with Crippen LogP contribution < -0.4 is 5.32 Å². The van der Waals surface area contributed by atoms with Crippen molar-refractivity contribution in [3.8, 4) is 17.4 Å². The predicted octanol–water partition coefficient (Wildman–Crippen LogP) is 5.02. The van der Waals surface area contributed by atoms with Crippen molar-refractivity contribution in [3.63, 3.8) is 0 Å². The van der Waals surface area contributed by atoms with E-state index in [1.54, 1.807) is 30.3 Å². The van der Waals surface area contributed by atoms with Crippen LogP contribution in [0.15, 0.2) is 64.6 Å². The topological polar surface area (TPSA) is 109 Å².